The molecule has 3 aromatic carbocycles. The summed E-state index contributed by atoms with van der Waals surface area (Å²) in [5.41, 5.74) is 1.41. The van der Waals surface area contributed by atoms with Crippen molar-refractivity contribution in [2.75, 3.05) is 5.32 Å². The van der Waals surface area contributed by atoms with E-state index < -0.39 is 16.0 Å². The molecule has 0 unspecified atom stereocenters. The molecule has 0 aromatic heterocycles. The summed E-state index contributed by atoms with van der Waals surface area (Å²) < 4.78 is 30.0. The number of carbonyl (C=O) groups excluding carboxylic acids is 1. The van der Waals surface area contributed by atoms with E-state index in [0.717, 1.165) is 5.56 Å². The van der Waals surface area contributed by atoms with Crippen LogP contribution in [0.15, 0.2) is 83.3 Å². The summed E-state index contributed by atoms with van der Waals surface area (Å²) in [5.74, 6) is -0.584. The van der Waals surface area contributed by atoms with Gasteiger partial charge in [0.15, 0.2) is 0 Å². The monoisotopic (exact) mass is 452 g/mol. The highest BCUT2D eigenvalue weighted by molar-refractivity contribution is 7.87. The van der Waals surface area contributed by atoms with Gasteiger partial charge in [-0.05, 0) is 54.5 Å². The molecule has 1 N–H and O–H groups in total. The molecule has 0 aliphatic carbocycles. The number of rotatable bonds is 6. The molecule has 0 fully saturated rings. The Morgan fingerprint density at radius 3 is 2.45 bits per heavy atom. The fraction of sp³-hybridized carbons (Fsp3) is 0.0435. The van der Waals surface area contributed by atoms with Gasteiger partial charge in [-0.25, -0.2) is 0 Å². The molecule has 0 atom stereocenters. The molecule has 1 amide bonds. The topological polar surface area (TPSA) is 96.3 Å². The molecule has 0 aliphatic heterocycles. The van der Waals surface area contributed by atoms with Crippen LogP contribution in [0.2, 0.25) is 5.02 Å². The molecule has 31 heavy (non-hydrogen) atoms. The molecule has 6 nitrogen and oxygen atoms in total. The predicted molar refractivity (Wildman–Crippen MR) is 119 cm³/mol. The number of anilines is 1. The minimum atomic E-state index is -4.01. The maximum Gasteiger partial charge on any atom is 0.339 e. The number of benzene rings is 3. The van der Waals surface area contributed by atoms with Crippen molar-refractivity contribution in [1.29, 1.82) is 5.26 Å². The van der Waals surface area contributed by atoms with Gasteiger partial charge in [0.25, 0.3) is 5.91 Å². The summed E-state index contributed by atoms with van der Waals surface area (Å²) >= 11 is 6.12. The minimum absolute atomic E-state index is 0.0168. The van der Waals surface area contributed by atoms with Crippen LogP contribution in [0.4, 0.5) is 5.69 Å². The highest BCUT2D eigenvalue weighted by Gasteiger charge is 2.17. The van der Waals surface area contributed by atoms with E-state index in [0.29, 0.717) is 16.3 Å². The molecule has 3 aromatic rings. The SMILES string of the molecule is Cc1cccc(Cl)c1NC(=O)/C(C#N)=C/c1cccc(OS(=O)(=O)c2ccccc2)c1. The summed E-state index contributed by atoms with van der Waals surface area (Å²) in [6.07, 6.45) is 1.34. The van der Waals surface area contributed by atoms with Crippen LogP contribution in [-0.4, -0.2) is 14.3 Å². The number of para-hydroxylation sites is 1. The van der Waals surface area contributed by atoms with E-state index in [1.54, 1.807) is 55.5 Å². The first-order valence-corrected chi connectivity index (χ1v) is 10.9. The van der Waals surface area contributed by atoms with Crippen LogP contribution in [0.25, 0.3) is 6.08 Å². The van der Waals surface area contributed by atoms with Gasteiger partial charge >= 0.3 is 10.1 Å². The van der Waals surface area contributed by atoms with Gasteiger partial charge in [-0.1, -0.05) is 54.1 Å². The van der Waals surface area contributed by atoms with Gasteiger partial charge in [0.1, 0.15) is 22.3 Å². The molecule has 0 saturated heterocycles. The van der Waals surface area contributed by atoms with Crippen molar-refractivity contribution in [1.82, 2.24) is 0 Å². The summed E-state index contributed by atoms with van der Waals surface area (Å²) in [7, 11) is -4.01. The first-order valence-electron chi connectivity index (χ1n) is 9.08. The maximum absolute atomic E-state index is 12.6. The van der Waals surface area contributed by atoms with Crippen LogP contribution in [0, 0.1) is 18.3 Å². The third kappa shape index (κ3) is 5.51. The minimum Gasteiger partial charge on any atom is -0.379 e. The number of aryl methyl sites for hydroxylation is 1. The number of nitriles is 1. The average Bonchev–Trinajstić information content (AvgIpc) is 2.75. The van der Waals surface area contributed by atoms with Crippen LogP contribution in [-0.2, 0) is 14.9 Å². The normalized spacial score (nSPS) is 11.5. The zero-order valence-corrected chi connectivity index (χ0v) is 17.9. The molecular weight excluding hydrogens is 436 g/mol. The molecule has 0 heterocycles. The lowest BCUT2D eigenvalue weighted by Crippen LogP contribution is -2.14. The van der Waals surface area contributed by atoms with E-state index in [4.69, 9.17) is 15.8 Å². The molecule has 3 rings (SSSR count). The van der Waals surface area contributed by atoms with Crippen LogP contribution in [0.3, 0.4) is 0 Å². The third-order valence-electron chi connectivity index (χ3n) is 4.23. The Bertz CT molecular complexity index is 1280. The highest BCUT2D eigenvalue weighted by atomic mass is 35.5. The number of amides is 1. The molecule has 0 radical (unpaired) electrons. The van der Waals surface area contributed by atoms with Gasteiger partial charge in [0.2, 0.25) is 0 Å². The number of carbonyl (C=O) groups is 1. The molecule has 0 bridgehead atoms. The second kappa shape index (κ2) is 9.47. The van der Waals surface area contributed by atoms with E-state index >= 15 is 0 Å². The smallest absolute Gasteiger partial charge is 0.339 e. The van der Waals surface area contributed by atoms with Crippen LogP contribution in [0.1, 0.15) is 11.1 Å². The number of nitrogens with one attached hydrogen (secondary N) is 1. The Kier molecular flexibility index (Phi) is 6.75. The highest BCUT2D eigenvalue weighted by Crippen LogP contribution is 2.26. The lowest BCUT2D eigenvalue weighted by molar-refractivity contribution is -0.112. The maximum atomic E-state index is 12.6. The summed E-state index contributed by atoms with van der Waals surface area (Å²) in [4.78, 5) is 12.6. The molecule has 8 heteroatoms. The lowest BCUT2D eigenvalue weighted by Gasteiger charge is -2.10. The summed E-state index contributed by atoms with van der Waals surface area (Å²) in [5, 5.41) is 12.4. The lowest BCUT2D eigenvalue weighted by atomic mass is 10.1. The number of halogens is 1. The largest absolute Gasteiger partial charge is 0.379 e. The first kappa shape index (κ1) is 22.1. The number of hydrogen-bond donors (Lipinski definition) is 1. The number of hydrogen-bond acceptors (Lipinski definition) is 5. The van der Waals surface area contributed by atoms with E-state index in [1.165, 1.54) is 30.3 Å². The van der Waals surface area contributed by atoms with Crippen LogP contribution >= 0.6 is 11.6 Å². The van der Waals surface area contributed by atoms with Crippen molar-refractivity contribution < 1.29 is 17.4 Å². The van der Waals surface area contributed by atoms with Gasteiger partial charge in [0.05, 0.1) is 10.7 Å². The van der Waals surface area contributed by atoms with Crippen LogP contribution in [0.5, 0.6) is 5.75 Å². The van der Waals surface area contributed by atoms with Gasteiger partial charge in [-0.2, -0.15) is 13.7 Å². The summed E-state index contributed by atoms with van der Waals surface area (Å²) in [6.45, 7) is 1.78. The van der Waals surface area contributed by atoms with E-state index in [9.17, 15) is 18.5 Å². The van der Waals surface area contributed by atoms with Gasteiger partial charge in [-0.15, -0.1) is 0 Å². The Labute approximate surface area is 185 Å². The average molecular weight is 453 g/mol. The van der Waals surface area contributed by atoms with E-state index in [-0.39, 0.29) is 16.2 Å². The first-order chi connectivity index (χ1) is 14.8. The van der Waals surface area contributed by atoms with Crippen molar-refractivity contribution in [3.8, 4) is 11.8 Å². The Morgan fingerprint density at radius 2 is 1.77 bits per heavy atom. The van der Waals surface area contributed by atoms with E-state index in [2.05, 4.69) is 5.32 Å². The van der Waals surface area contributed by atoms with Crippen LogP contribution < -0.4 is 9.50 Å². The predicted octanol–water partition coefficient (Wildman–Crippen LogP) is 4.96. The van der Waals surface area contributed by atoms with Crippen molar-refractivity contribution >= 4 is 39.4 Å². The van der Waals surface area contributed by atoms with Gasteiger partial charge in [0, 0.05) is 0 Å². The molecule has 0 spiro atoms. The number of nitrogens with zero attached hydrogens (tertiary/aromatic N) is 1. The van der Waals surface area contributed by atoms with Crippen molar-refractivity contribution in [3.05, 3.63) is 94.5 Å². The zero-order valence-electron chi connectivity index (χ0n) is 16.4. The Hall–Kier alpha value is -3.60. The molecular formula is C23H17ClN2O4S. The van der Waals surface area contributed by atoms with Gasteiger partial charge < -0.3 is 9.50 Å². The van der Waals surface area contributed by atoms with Crippen molar-refractivity contribution in [2.24, 2.45) is 0 Å². The molecule has 156 valence electrons. The zero-order chi connectivity index (χ0) is 22.4. The second-order valence-electron chi connectivity index (χ2n) is 6.48. The Morgan fingerprint density at radius 1 is 1.06 bits per heavy atom. The third-order valence-corrected chi connectivity index (χ3v) is 5.81. The van der Waals surface area contributed by atoms with Crippen molar-refractivity contribution in [3.63, 3.8) is 0 Å². The van der Waals surface area contributed by atoms with Gasteiger partial charge in [-0.3, -0.25) is 4.79 Å². The Balaban J connectivity index is 1.84. The second-order valence-corrected chi connectivity index (χ2v) is 8.43. The fourth-order valence-corrected chi connectivity index (χ4v) is 3.92. The molecule has 0 saturated carbocycles. The van der Waals surface area contributed by atoms with E-state index in [1.807, 2.05) is 6.07 Å². The fourth-order valence-electron chi connectivity index (χ4n) is 2.70. The molecule has 0 aliphatic rings. The standard InChI is InChI=1S/C23H17ClN2O4S/c1-16-7-5-12-21(24)22(16)26-23(27)18(15-25)13-17-8-6-9-19(14-17)30-31(28,29)20-10-3-2-4-11-20/h2-14H,1H3,(H,26,27)/b18-13+. The summed E-state index contributed by atoms with van der Waals surface area (Å²) in [6, 6.07) is 20.8. The van der Waals surface area contributed by atoms with Crippen molar-refractivity contribution in [2.45, 2.75) is 11.8 Å². The quantitative estimate of drug-likeness (QED) is 0.324.